The SMILES string of the molecule is CC1CCCCN1C(=O)c1ccc(Cl)c([N+](=O)[O-])c1. The van der Waals surface area contributed by atoms with Gasteiger partial charge in [-0.1, -0.05) is 11.6 Å². The van der Waals surface area contributed by atoms with Crippen molar-refractivity contribution in [3.05, 3.63) is 38.9 Å². The Morgan fingerprint density at radius 1 is 1.47 bits per heavy atom. The predicted molar refractivity (Wildman–Crippen MR) is 72.5 cm³/mol. The first kappa shape index (κ1) is 13.8. The van der Waals surface area contributed by atoms with Crippen LogP contribution < -0.4 is 0 Å². The predicted octanol–water partition coefficient (Wildman–Crippen LogP) is 3.26. The normalized spacial score (nSPS) is 19.3. The van der Waals surface area contributed by atoms with E-state index < -0.39 is 4.92 Å². The second-order valence-electron chi connectivity index (χ2n) is 4.77. The third kappa shape index (κ3) is 2.87. The molecule has 1 aliphatic rings. The lowest BCUT2D eigenvalue weighted by atomic mass is 10.0. The molecule has 1 fully saturated rings. The Bertz CT molecular complexity index is 519. The van der Waals surface area contributed by atoms with Crippen molar-refractivity contribution in [3.63, 3.8) is 0 Å². The summed E-state index contributed by atoms with van der Waals surface area (Å²) < 4.78 is 0. The molecule has 0 spiro atoms. The Labute approximate surface area is 116 Å². The van der Waals surface area contributed by atoms with Crippen LogP contribution in [0.1, 0.15) is 36.5 Å². The van der Waals surface area contributed by atoms with Crippen molar-refractivity contribution in [2.45, 2.75) is 32.2 Å². The zero-order valence-corrected chi connectivity index (χ0v) is 11.4. The van der Waals surface area contributed by atoms with Crippen LogP contribution in [0.3, 0.4) is 0 Å². The van der Waals surface area contributed by atoms with Crippen molar-refractivity contribution in [1.29, 1.82) is 0 Å². The van der Waals surface area contributed by atoms with Crippen LogP contribution in [-0.4, -0.2) is 28.3 Å². The molecule has 2 rings (SSSR count). The number of piperidine rings is 1. The van der Waals surface area contributed by atoms with Crippen LogP contribution >= 0.6 is 11.6 Å². The van der Waals surface area contributed by atoms with Crippen LogP contribution in [0, 0.1) is 10.1 Å². The maximum absolute atomic E-state index is 12.4. The molecule has 0 N–H and O–H groups in total. The number of likely N-dealkylation sites (tertiary alicyclic amines) is 1. The minimum Gasteiger partial charge on any atom is -0.336 e. The molecule has 1 atom stereocenters. The first-order chi connectivity index (χ1) is 9.00. The van der Waals surface area contributed by atoms with E-state index in [1.807, 2.05) is 6.92 Å². The third-order valence-corrected chi connectivity index (χ3v) is 3.77. The van der Waals surface area contributed by atoms with Crippen molar-refractivity contribution in [2.75, 3.05) is 6.54 Å². The van der Waals surface area contributed by atoms with Crippen molar-refractivity contribution in [2.24, 2.45) is 0 Å². The number of nitro groups is 1. The smallest absolute Gasteiger partial charge is 0.288 e. The van der Waals surface area contributed by atoms with Gasteiger partial charge in [0.05, 0.1) is 4.92 Å². The molecule has 1 heterocycles. The Morgan fingerprint density at radius 3 is 2.84 bits per heavy atom. The Kier molecular flexibility index (Phi) is 4.04. The Morgan fingerprint density at radius 2 is 2.21 bits per heavy atom. The van der Waals surface area contributed by atoms with Gasteiger partial charge in [-0.3, -0.25) is 14.9 Å². The first-order valence-electron chi connectivity index (χ1n) is 6.25. The number of carbonyl (C=O) groups is 1. The summed E-state index contributed by atoms with van der Waals surface area (Å²) in [7, 11) is 0. The van der Waals surface area contributed by atoms with Gasteiger partial charge in [-0.05, 0) is 38.3 Å². The highest BCUT2D eigenvalue weighted by atomic mass is 35.5. The monoisotopic (exact) mass is 282 g/mol. The average molecular weight is 283 g/mol. The molecule has 0 saturated carbocycles. The van der Waals surface area contributed by atoms with Crippen LogP contribution in [0.25, 0.3) is 0 Å². The standard InChI is InChI=1S/C13H15ClN2O3/c1-9-4-2-3-7-15(9)13(17)10-5-6-11(14)12(8-10)16(18)19/h5-6,8-9H,2-4,7H2,1H3. The molecule has 1 aromatic rings. The average Bonchev–Trinajstić information content (AvgIpc) is 2.38. The zero-order chi connectivity index (χ0) is 14.0. The second-order valence-corrected chi connectivity index (χ2v) is 5.17. The van der Waals surface area contributed by atoms with Crippen LogP contribution in [-0.2, 0) is 0 Å². The molecule has 0 bridgehead atoms. The fourth-order valence-electron chi connectivity index (χ4n) is 2.35. The molecule has 5 nitrogen and oxygen atoms in total. The maximum atomic E-state index is 12.4. The van der Waals surface area contributed by atoms with Gasteiger partial charge in [-0.2, -0.15) is 0 Å². The van der Waals surface area contributed by atoms with Crippen molar-refractivity contribution >= 4 is 23.2 Å². The van der Waals surface area contributed by atoms with Gasteiger partial charge < -0.3 is 4.90 Å². The van der Waals surface area contributed by atoms with E-state index in [0.29, 0.717) is 12.1 Å². The highest BCUT2D eigenvalue weighted by molar-refractivity contribution is 6.32. The van der Waals surface area contributed by atoms with Crippen molar-refractivity contribution < 1.29 is 9.72 Å². The number of halogens is 1. The minimum absolute atomic E-state index is 0.0493. The van der Waals surface area contributed by atoms with E-state index in [1.54, 1.807) is 11.0 Å². The largest absolute Gasteiger partial charge is 0.336 e. The summed E-state index contributed by atoms with van der Waals surface area (Å²) in [5, 5.41) is 10.9. The second kappa shape index (κ2) is 5.57. The van der Waals surface area contributed by atoms with Crippen molar-refractivity contribution in [3.8, 4) is 0 Å². The van der Waals surface area contributed by atoms with E-state index in [1.165, 1.54) is 12.1 Å². The van der Waals surface area contributed by atoms with E-state index in [0.717, 1.165) is 19.3 Å². The number of hydrogen-bond donors (Lipinski definition) is 0. The van der Waals surface area contributed by atoms with Gasteiger partial charge in [-0.15, -0.1) is 0 Å². The number of benzene rings is 1. The molecule has 1 aromatic carbocycles. The number of rotatable bonds is 2. The summed E-state index contributed by atoms with van der Waals surface area (Å²) in [5.41, 5.74) is 0.0991. The number of nitrogens with zero attached hydrogens (tertiary/aromatic N) is 2. The molecule has 1 saturated heterocycles. The van der Waals surface area contributed by atoms with Crippen LogP contribution in [0.15, 0.2) is 18.2 Å². The number of hydrogen-bond acceptors (Lipinski definition) is 3. The molecule has 1 aliphatic heterocycles. The highest BCUT2D eigenvalue weighted by Crippen LogP contribution is 2.27. The summed E-state index contributed by atoms with van der Waals surface area (Å²) in [6, 6.07) is 4.38. The zero-order valence-electron chi connectivity index (χ0n) is 10.6. The first-order valence-corrected chi connectivity index (χ1v) is 6.63. The topological polar surface area (TPSA) is 63.5 Å². The summed E-state index contributed by atoms with van der Waals surface area (Å²) in [6.07, 6.45) is 3.07. The van der Waals surface area contributed by atoms with Gasteiger partial charge in [0.2, 0.25) is 0 Å². The van der Waals surface area contributed by atoms with Gasteiger partial charge in [-0.25, -0.2) is 0 Å². The summed E-state index contributed by atoms with van der Waals surface area (Å²) >= 11 is 5.74. The number of carbonyl (C=O) groups excluding carboxylic acids is 1. The van der Waals surface area contributed by atoms with E-state index in [2.05, 4.69) is 0 Å². The molecule has 1 amide bonds. The van der Waals surface area contributed by atoms with E-state index in [9.17, 15) is 14.9 Å². The van der Waals surface area contributed by atoms with Gasteiger partial charge in [0.1, 0.15) is 5.02 Å². The molecule has 102 valence electrons. The molecular weight excluding hydrogens is 268 g/mol. The molecule has 1 unspecified atom stereocenters. The summed E-state index contributed by atoms with van der Waals surface area (Å²) in [6.45, 7) is 2.71. The summed E-state index contributed by atoms with van der Waals surface area (Å²) in [5.74, 6) is -0.160. The number of amides is 1. The summed E-state index contributed by atoms with van der Waals surface area (Å²) in [4.78, 5) is 24.4. The Balaban J connectivity index is 2.28. The quantitative estimate of drug-likeness (QED) is 0.618. The van der Waals surface area contributed by atoms with Gasteiger partial charge in [0, 0.05) is 24.2 Å². The third-order valence-electron chi connectivity index (χ3n) is 3.45. The van der Waals surface area contributed by atoms with Gasteiger partial charge in [0.15, 0.2) is 0 Å². The maximum Gasteiger partial charge on any atom is 0.288 e. The fraction of sp³-hybridized carbons (Fsp3) is 0.462. The molecule has 6 heteroatoms. The van der Waals surface area contributed by atoms with Crippen LogP contribution in [0.4, 0.5) is 5.69 Å². The van der Waals surface area contributed by atoms with E-state index in [-0.39, 0.29) is 22.7 Å². The number of nitro benzene ring substituents is 1. The lowest BCUT2D eigenvalue weighted by molar-refractivity contribution is -0.384. The fourth-order valence-corrected chi connectivity index (χ4v) is 2.54. The molecule has 0 radical (unpaired) electrons. The highest BCUT2D eigenvalue weighted by Gasteiger charge is 2.25. The van der Waals surface area contributed by atoms with E-state index >= 15 is 0 Å². The minimum atomic E-state index is -0.571. The van der Waals surface area contributed by atoms with Gasteiger partial charge in [0.25, 0.3) is 11.6 Å². The van der Waals surface area contributed by atoms with Crippen LogP contribution in [0.5, 0.6) is 0 Å². The molecule has 0 aromatic heterocycles. The Hall–Kier alpha value is -1.62. The lowest BCUT2D eigenvalue weighted by Gasteiger charge is -2.33. The van der Waals surface area contributed by atoms with Gasteiger partial charge >= 0.3 is 0 Å². The molecular formula is C13H15ClN2O3. The molecule has 19 heavy (non-hydrogen) atoms. The van der Waals surface area contributed by atoms with E-state index in [4.69, 9.17) is 11.6 Å². The van der Waals surface area contributed by atoms with Crippen molar-refractivity contribution in [1.82, 2.24) is 4.90 Å². The molecule has 0 aliphatic carbocycles. The lowest BCUT2D eigenvalue weighted by Crippen LogP contribution is -2.42. The van der Waals surface area contributed by atoms with Crippen LogP contribution in [0.2, 0.25) is 5.02 Å².